The number of primary amides is 1. The minimum absolute atomic E-state index is 0.127. The van der Waals surface area contributed by atoms with Crippen LogP contribution >= 0.6 is 0 Å². The van der Waals surface area contributed by atoms with Gasteiger partial charge in [-0.1, -0.05) is 0 Å². The van der Waals surface area contributed by atoms with Gasteiger partial charge >= 0.3 is 0 Å². The molecule has 1 aromatic rings. The summed E-state index contributed by atoms with van der Waals surface area (Å²) in [6.07, 6.45) is 1.11. The van der Waals surface area contributed by atoms with Crippen molar-refractivity contribution >= 4 is 5.91 Å². The maximum Gasteiger partial charge on any atom is 0.254 e. The number of nitrogens with two attached hydrogens (primary N) is 1. The second-order valence-electron chi connectivity index (χ2n) is 4.08. The van der Waals surface area contributed by atoms with Gasteiger partial charge in [0, 0.05) is 6.07 Å². The predicted molar refractivity (Wildman–Crippen MR) is 56.9 cm³/mol. The molecule has 0 spiro atoms. The summed E-state index contributed by atoms with van der Waals surface area (Å²) in [7, 11) is 0. The Hall–Kier alpha value is -1.50. The van der Waals surface area contributed by atoms with Crippen molar-refractivity contribution in [2.45, 2.75) is 24.9 Å². The first kappa shape index (κ1) is 12.0. The topological polar surface area (TPSA) is 96.7 Å². The fraction of sp³-hybridized carbons (Fsp3) is 0.455. The molecule has 1 fully saturated rings. The lowest BCUT2D eigenvalue weighted by atomic mass is 10.1. The summed E-state index contributed by atoms with van der Waals surface area (Å²) < 4.78 is 6.95. The molecule has 92 valence electrons. The molecule has 1 amide bonds. The van der Waals surface area contributed by atoms with Crippen LogP contribution in [0.4, 0.5) is 0 Å². The van der Waals surface area contributed by atoms with Crippen molar-refractivity contribution < 1.29 is 24.3 Å². The molecule has 3 atom stereocenters. The lowest BCUT2D eigenvalue weighted by Gasteiger charge is -2.11. The first-order valence-electron chi connectivity index (χ1n) is 5.34. The Kier molecular flexibility index (Phi) is 3.37. The van der Waals surface area contributed by atoms with Gasteiger partial charge in [-0.05, 0) is 6.07 Å². The van der Waals surface area contributed by atoms with Crippen molar-refractivity contribution in [1.82, 2.24) is 0 Å². The summed E-state index contributed by atoms with van der Waals surface area (Å²) in [4.78, 5) is 11.0. The molecule has 0 bridgehead atoms. The van der Waals surface area contributed by atoms with Gasteiger partial charge in [0.05, 0.1) is 6.61 Å². The van der Waals surface area contributed by atoms with Crippen LogP contribution in [0.15, 0.2) is 24.5 Å². The second-order valence-corrected chi connectivity index (χ2v) is 4.08. The van der Waals surface area contributed by atoms with Crippen LogP contribution in [0, 0.1) is 0 Å². The highest BCUT2D eigenvalue weighted by Crippen LogP contribution is 2.14. The number of aliphatic hydroxyl groups excluding tert-OH is 2. The van der Waals surface area contributed by atoms with Crippen molar-refractivity contribution in [2.24, 2.45) is 5.73 Å². The summed E-state index contributed by atoms with van der Waals surface area (Å²) in [6.45, 7) is 0.487. The Morgan fingerprint density at radius 1 is 1.59 bits per heavy atom. The lowest BCUT2D eigenvalue weighted by Crippen LogP contribution is -2.45. The quantitative estimate of drug-likeness (QED) is 0.542. The van der Waals surface area contributed by atoms with Gasteiger partial charge in [-0.2, -0.15) is 0 Å². The number of rotatable bonds is 3. The molecule has 4 N–H and O–H groups in total. The monoisotopic (exact) mass is 239 g/mol. The smallest absolute Gasteiger partial charge is 0.254 e. The van der Waals surface area contributed by atoms with E-state index in [-0.39, 0.29) is 6.61 Å². The number of carbonyl (C=O) groups is 1. The van der Waals surface area contributed by atoms with Gasteiger partial charge < -0.3 is 20.7 Å². The molecule has 1 aliphatic rings. The summed E-state index contributed by atoms with van der Waals surface area (Å²) in [6, 6.07) is 3.30. The van der Waals surface area contributed by atoms with Gasteiger partial charge in [-0.3, -0.25) is 4.79 Å². The number of aromatic nitrogens is 1. The molecule has 2 rings (SSSR count). The van der Waals surface area contributed by atoms with E-state index in [0.717, 1.165) is 0 Å². The molecule has 3 unspecified atom stereocenters. The molecular formula is C11H15N2O4+. The van der Waals surface area contributed by atoms with Gasteiger partial charge in [0.25, 0.3) is 5.91 Å². The third kappa shape index (κ3) is 2.60. The van der Waals surface area contributed by atoms with E-state index in [9.17, 15) is 15.0 Å². The maximum absolute atomic E-state index is 11.0. The summed E-state index contributed by atoms with van der Waals surface area (Å²) in [5.41, 5.74) is 5.56. The Bertz CT molecular complexity index is 424. The SMILES string of the molecule is NC(=O)c1ccc[n+](CC2OCC(O)C2O)c1. The third-order valence-electron chi connectivity index (χ3n) is 2.79. The Balaban J connectivity index is 2.08. The van der Waals surface area contributed by atoms with E-state index < -0.39 is 24.2 Å². The van der Waals surface area contributed by atoms with Crippen LogP contribution in [0.1, 0.15) is 10.4 Å². The number of hydrogen-bond acceptors (Lipinski definition) is 4. The lowest BCUT2D eigenvalue weighted by molar-refractivity contribution is -0.704. The molecule has 0 aliphatic carbocycles. The van der Waals surface area contributed by atoms with Crippen LogP contribution in [0.3, 0.4) is 0 Å². The van der Waals surface area contributed by atoms with Crippen LogP contribution in [0.2, 0.25) is 0 Å². The van der Waals surface area contributed by atoms with Gasteiger partial charge in [0.2, 0.25) is 0 Å². The van der Waals surface area contributed by atoms with Crippen molar-refractivity contribution in [2.75, 3.05) is 6.61 Å². The van der Waals surface area contributed by atoms with Crippen molar-refractivity contribution in [3.05, 3.63) is 30.1 Å². The second kappa shape index (κ2) is 4.79. The molecule has 1 aliphatic heterocycles. The largest absolute Gasteiger partial charge is 0.388 e. The van der Waals surface area contributed by atoms with Gasteiger partial charge in [0.1, 0.15) is 23.9 Å². The highest BCUT2D eigenvalue weighted by atomic mass is 16.5. The molecule has 1 saturated heterocycles. The van der Waals surface area contributed by atoms with Crippen molar-refractivity contribution in [3.63, 3.8) is 0 Å². The summed E-state index contributed by atoms with van der Waals surface area (Å²) in [5, 5.41) is 18.9. The van der Waals surface area contributed by atoms with Crippen molar-refractivity contribution in [1.29, 1.82) is 0 Å². The van der Waals surface area contributed by atoms with E-state index in [1.54, 1.807) is 29.1 Å². The molecule has 1 aromatic heterocycles. The van der Waals surface area contributed by atoms with Crippen LogP contribution in [0.25, 0.3) is 0 Å². The van der Waals surface area contributed by atoms with Crippen molar-refractivity contribution in [3.8, 4) is 0 Å². The molecule has 6 nitrogen and oxygen atoms in total. The first-order valence-corrected chi connectivity index (χ1v) is 5.34. The van der Waals surface area contributed by atoms with Crippen LogP contribution in [0.5, 0.6) is 0 Å². The van der Waals surface area contributed by atoms with E-state index in [1.165, 1.54) is 0 Å². The molecule has 0 aromatic carbocycles. The van der Waals surface area contributed by atoms with Gasteiger partial charge in [0.15, 0.2) is 18.9 Å². The Labute approximate surface area is 98.2 Å². The van der Waals surface area contributed by atoms with E-state index in [1.807, 2.05) is 0 Å². The number of aliphatic hydroxyl groups is 2. The molecule has 0 saturated carbocycles. The minimum atomic E-state index is -0.903. The molecule has 6 heteroatoms. The van der Waals surface area contributed by atoms with Crippen LogP contribution in [-0.4, -0.2) is 41.0 Å². The zero-order chi connectivity index (χ0) is 12.4. The predicted octanol–water partition coefficient (Wildman–Crippen LogP) is -1.81. The van der Waals surface area contributed by atoms with Crippen LogP contribution in [-0.2, 0) is 11.3 Å². The standard InChI is InChI=1S/C11H14N2O4/c12-11(16)7-2-1-3-13(4-7)5-9-10(15)8(14)6-17-9/h1-4,8-10,14-15H,5-6H2,(H-,12,16)/p+1. The fourth-order valence-electron chi connectivity index (χ4n) is 1.82. The van der Waals surface area contributed by atoms with Gasteiger partial charge in [-0.25, -0.2) is 4.57 Å². The number of amides is 1. The normalized spacial score (nSPS) is 28.2. The highest BCUT2D eigenvalue weighted by molar-refractivity contribution is 5.92. The van der Waals surface area contributed by atoms with E-state index >= 15 is 0 Å². The minimum Gasteiger partial charge on any atom is -0.388 e. The molecule has 2 heterocycles. The number of nitrogens with zero attached hydrogens (tertiary/aromatic N) is 1. The Morgan fingerprint density at radius 2 is 2.35 bits per heavy atom. The summed E-state index contributed by atoms with van der Waals surface area (Å²) >= 11 is 0. The van der Waals surface area contributed by atoms with Gasteiger partial charge in [-0.15, -0.1) is 0 Å². The molecule has 17 heavy (non-hydrogen) atoms. The van der Waals surface area contributed by atoms with E-state index in [4.69, 9.17) is 10.5 Å². The third-order valence-corrected chi connectivity index (χ3v) is 2.79. The number of carbonyl (C=O) groups excluding carboxylic acids is 1. The maximum atomic E-state index is 11.0. The molecular weight excluding hydrogens is 224 g/mol. The van der Waals surface area contributed by atoms with E-state index in [2.05, 4.69) is 0 Å². The highest BCUT2D eigenvalue weighted by Gasteiger charge is 2.37. The summed E-state index contributed by atoms with van der Waals surface area (Å²) in [5.74, 6) is -0.507. The average Bonchev–Trinajstić information content (AvgIpc) is 2.61. The fourth-order valence-corrected chi connectivity index (χ4v) is 1.82. The number of pyridine rings is 1. The first-order chi connectivity index (χ1) is 8.08. The average molecular weight is 239 g/mol. The number of ether oxygens (including phenoxy) is 1. The number of hydrogen-bond donors (Lipinski definition) is 3. The zero-order valence-corrected chi connectivity index (χ0v) is 9.19. The van der Waals surface area contributed by atoms with Crippen LogP contribution < -0.4 is 10.3 Å². The molecule has 0 radical (unpaired) electrons. The Morgan fingerprint density at radius 3 is 2.94 bits per heavy atom. The zero-order valence-electron chi connectivity index (χ0n) is 9.19. The van der Waals surface area contributed by atoms with E-state index in [0.29, 0.717) is 12.1 Å².